The Hall–Kier alpha value is -0.900. The third kappa shape index (κ3) is 2.30. The van der Waals surface area contributed by atoms with Crippen LogP contribution in [0, 0.1) is 0 Å². The molecule has 1 amide bonds. The molecule has 0 aliphatic carbocycles. The molecule has 0 saturated heterocycles. The Balaban J connectivity index is 2.55. The Labute approximate surface area is 74.3 Å². The van der Waals surface area contributed by atoms with E-state index in [2.05, 4.69) is 10.3 Å². The minimum Gasteiger partial charge on any atom is -0.326 e. The number of dihydropyridines is 1. The summed E-state index contributed by atoms with van der Waals surface area (Å²) < 4.78 is 12.9. The fourth-order valence-electron chi connectivity index (χ4n) is 0.804. The fourth-order valence-corrected chi connectivity index (χ4v) is 0.870. The van der Waals surface area contributed by atoms with E-state index in [1.54, 1.807) is 0 Å². The number of carbonyl (C=O) groups is 1. The van der Waals surface area contributed by atoms with Crippen LogP contribution in [0.2, 0.25) is 0 Å². The molecule has 1 unspecified atom stereocenters. The average molecular weight is 191 g/mol. The summed E-state index contributed by atoms with van der Waals surface area (Å²) in [4.78, 5) is 14.4. The van der Waals surface area contributed by atoms with E-state index in [1.165, 1.54) is 12.3 Å². The van der Waals surface area contributed by atoms with Crippen molar-refractivity contribution in [3.63, 3.8) is 0 Å². The molecule has 1 rings (SSSR count). The molecule has 0 aromatic heterocycles. The molecule has 5 heteroatoms. The molecule has 12 heavy (non-hydrogen) atoms. The molecule has 66 valence electrons. The monoisotopic (exact) mass is 190 g/mol. The van der Waals surface area contributed by atoms with Crippen LogP contribution in [0.5, 0.6) is 0 Å². The van der Waals surface area contributed by atoms with Gasteiger partial charge in [0.25, 0.3) is 0 Å². The van der Waals surface area contributed by atoms with Crippen molar-refractivity contribution in [1.29, 1.82) is 0 Å². The van der Waals surface area contributed by atoms with E-state index >= 15 is 0 Å². The van der Waals surface area contributed by atoms with Gasteiger partial charge in [0, 0.05) is 6.21 Å². The second-order valence-electron chi connectivity index (χ2n) is 2.29. The molecule has 0 bridgehead atoms. The largest absolute Gasteiger partial charge is 0.326 e. The topological polar surface area (TPSA) is 41.5 Å². The lowest BCUT2D eigenvalue weighted by atomic mass is 10.2. The highest BCUT2D eigenvalue weighted by Crippen LogP contribution is 2.07. The van der Waals surface area contributed by atoms with E-state index in [0.29, 0.717) is 0 Å². The number of nitrogens with one attached hydrogen (secondary N) is 1. The fraction of sp³-hybridized carbons (Fsp3) is 0.429. The van der Waals surface area contributed by atoms with Crippen LogP contribution in [-0.2, 0) is 4.79 Å². The highest BCUT2D eigenvalue weighted by Gasteiger charge is 2.16. The third-order valence-corrected chi connectivity index (χ3v) is 1.61. The maximum Gasteiger partial charge on any atom is 0.239 e. The molecule has 1 heterocycles. The predicted octanol–water partition coefficient (Wildman–Crippen LogP) is 0.648. The zero-order valence-corrected chi connectivity index (χ0v) is 7.01. The minimum absolute atomic E-state index is 0.0639. The van der Waals surface area contributed by atoms with Gasteiger partial charge >= 0.3 is 0 Å². The Kier molecular flexibility index (Phi) is 3.22. The standard InChI is InChI=1S/C7H8ClFN2O/c8-3-7(12)11-6-1-2-10-4-5(6)9/h1-2,5H,3-4H2,(H,11,12). The molecule has 1 N–H and O–H groups in total. The van der Waals surface area contributed by atoms with Crippen molar-refractivity contribution < 1.29 is 9.18 Å². The van der Waals surface area contributed by atoms with Crippen LogP contribution in [-0.4, -0.2) is 30.7 Å². The number of allylic oxidation sites excluding steroid dienone is 1. The number of nitrogens with zero attached hydrogens (tertiary/aromatic N) is 1. The Morgan fingerprint density at radius 1 is 1.92 bits per heavy atom. The Morgan fingerprint density at radius 3 is 3.25 bits per heavy atom. The van der Waals surface area contributed by atoms with Crippen molar-refractivity contribution in [3.8, 4) is 0 Å². The van der Waals surface area contributed by atoms with Crippen LogP contribution in [0.3, 0.4) is 0 Å². The van der Waals surface area contributed by atoms with Gasteiger partial charge in [-0.25, -0.2) is 4.39 Å². The molecule has 0 fully saturated rings. The molecule has 0 aromatic rings. The molecule has 1 aliphatic rings. The number of aliphatic imine (C=N–C) groups is 1. The van der Waals surface area contributed by atoms with E-state index < -0.39 is 12.1 Å². The summed E-state index contributed by atoms with van der Waals surface area (Å²) in [7, 11) is 0. The lowest BCUT2D eigenvalue weighted by Crippen LogP contribution is -2.31. The quantitative estimate of drug-likeness (QED) is 0.639. The van der Waals surface area contributed by atoms with Gasteiger partial charge in [-0.3, -0.25) is 9.79 Å². The van der Waals surface area contributed by atoms with Gasteiger partial charge in [0.1, 0.15) is 5.88 Å². The van der Waals surface area contributed by atoms with Crippen molar-refractivity contribution in [3.05, 3.63) is 11.8 Å². The molecule has 0 radical (unpaired) electrons. The number of amides is 1. The second-order valence-corrected chi connectivity index (χ2v) is 2.55. The van der Waals surface area contributed by atoms with Gasteiger partial charge in [-0.1, -0.05) is 0 Å². The normalized spacial score (nSPS) is 21.8. The SMILES string of the molecule is O=C(CCl)NC1=CC=NCC1F. The molecule has 0 saturated carbocycles. The third-order valence-electron chi connectivity index (χ3n) is 1.37. The van der Waals surface area contributed by atoms with Crippen molar-refractivity contribution in [2.45, 2.75) is 6.17 Å². The molecular weight excluding hydrogens is 183 g/mol. The number of rotatable bonds is 2. The van der Waals surface area contributed by atoms with Gasteiger partial charge in [-0.15, -0.1) is 11.6 Å². The summed E-state index contributed by atoms with van der Waals surface area (Å²) in [6.07, 6.45) is 1.67. The minimum atomic E-state index is -1.22. The molecule has 3 nitrogen and oxygen atoms in total. The second kappa shape index (κ2) is 4.21. The van der Waals surface area contributed by atoms with Crippen LogP contribution in [0.15, 0.2) is 16.8 Å². The van der Waals surface area contributed by atoms with Gasteiger partial charge in [-0.2, -0.15) is 0 Å². The summed E-state index contributed by atoms with van der Waals surface area (Å²) in [5.41, 5.74) is 0.232. The van der Waals surface area contributed by atoms with Crippen molar-refractivity contribution >= 4 is 23.7 Å². The zero-order chi connectivity index (χ0) is 8.97. The lowest BCUT2D eigenvalue weighted by molar-refractivity contribution is -0.118. The summed E-state index contributed by atoms with van der Waals surface area (Å²) in [6, 6.07) is 0. The number of halogens is 2. The average Bonchev–Trinajstić information content (AvgIpc) is 2.09. The predicted molar refractivity (Wildman–Crippen MR) is 45.2 cm³/mol. The van der Waals surface area contributed by atoms with Crippen molar-refractivity contribution in [2.75, 3.05) is 12.4 Å². The lowest BCUT2D eigenvalue weighted by Gasteiger charge is -2.13. The van der Waals surface area contributed by atoms with E-state index in [-0.39, 0.29) is 18.1 Å². The van der Waals surface area contributed by atoms with Gasteiger partial charge in [0.05, 0.1) is 12.2 Å². The number of hydrogen-bond donors (Lipinski definition) is 1. The molecular formula is C7H8ClFN2O. The molecule has 1 aliphatic heterocycles. The first-order chi connectivity index (χ1) is 5.74. The van der Waals surface area contributed by atoms with Crippen LogP contribution < -0.4 is 5.32 Å². The van der Waals surface area contributed by atoms with Gasteiger partial charge in [-0.05, 0) is 6.08 Å². The van der Waals surface area contributed by atoms with Crippen LogP contribution in [0.4, 0.5) is 4.39 Å². The highest BCUT2D eigenvalue weighted by molar-refractivity contribution is 6.27. The van der Waals surface area contributed by atoms with Crippen LogP contribution in [0.1, 0.15) is 0 Å². The number of carbonyl (C=O) groups excluding carboxylic acids is 1. The van der Waals surface area contributed by atoms with E-state index in [0.717, 1.165) is 0 Å². The first kappa shape index (κ1) is 9.19. The molecule has 0 aromatic carbocycles. The summed E-state index contributed by atoms with van der Waals surface area (Å²) in [6.45, 7) is 0.0639. The zero-order valence-electron chi connectivity index (χ0n) is 6.26. The first-order valence-electron chi connectivity index (χ1n) is 3.44. The Morgan fingerprint density at radius 2 is 2.67 bits per heavy atom. The maximum absolute atomic E-state index is 12.9. The van der Waals surface area contributed by atoms with Gasteiger partial charge < -0.3 is 5.32 Å². The first-order valence-corrected chi connectivity index (χ1v) is 3.97. The highest BCUT2D eigenvalue weighted by atomic mass is 35.5. The van der Waals surface area contributed by atoms with Gasteiger partial charge in [0.15, 0.2) is 6.17 Å². The summed E-state index contributed by atoms with van der Waals surface area (Å²) >= 11 is 5.22. The van der Waals surface area contributed by atoms with Crippen LogP contribution >= 0.6 is 11.6 Å². The maximum atomic E-state index is 12.9. The van der Waals surface area contributed by atoms with Crippen molar-refractivity contribution in [1.82, 2.24) is 5.32 Å². The smallest absolute Gasteiger partial charge is 0.239 e. The van der Waals surface area contributed by atoms with E-state index in [9.17, 15) is 9.18 Å². The van der Waals surface area contributed by atoms with E-state index in [1.807, 2.05) is 0 Å². The summed E-state index contributed by atoms with van der Waals surface area (Å²) in [5, 5.41) is 2.34. The number of alkyl halides is 2. The van der Waals surface area contributed by atoms with E-state index in [4.69, 9.17) is 11.6 Å². The van der Waals surface area contributed by atoms with Crippen molar-refractivity contribution in [2.24, 2.45) is 4.99 Å². The number of hydrogen-bond acceptors (Lipinski definition) is 2. The van der Waals surface area contributed by atoms with Crippen LogP contribution in [0.25, 0.3) is 0 Å². The Bertz CT molecular complexity index is 240. The molecule has 1 atom stereocenters. The molecule has 0 spiro atoms. The van der Waals surface area contributed by atoms with Gasteiger partial charge in [0.2, 0.25) is 5.91 Å². The summed E-state index contributed by atoms with van der Waals surface area (Å²) in [5.74, 6) is -0.567.